The second-order valence-corrected chi connectivity index (χ2v) is 5.18. The molecule has 4 nitrogen and oxygen atoms in total. The Hall–Kier alpha value is -1.26. The Bertz CT molecular complexity index is 385. The highest BCUT2D eigenvalue weighted by molar-refractivity contribution is 5.85. The first-order valence-electron chi connectivity index (χ1n) is 6.13. The summed E-state index contributed by atoms with van der Waals surface area (Å²) in [7, 11) is 0. The highest BCUT2D eigenvalue weighted by Crippen LogP contribution is 2.24. The van der Waals surface area contributed by atoms with Gasteiger partial charge < -0.3 is 15.8 Å². The van der Waals surface area contributed by atoms with Gasteiger partial charge in [0.15, 0.2) is 0 Å². The summed E-state index contributed by atoms with van der Waals surface area (Å²) in [5.74, 6) is 0.645. The van der Waals surface area contributed by atoms with Crippen LogP contribution in [0.2, 0.25) is 0 Å². The van der Waals surface area contributed by atoms with Crippen LogP contribution in [0.3, 0.4) is 0 Å². The lowest BCUT2D eigenvalue weighted by Gasteiger charge is -2.19. The molecule has 1 amide bonds. The maximum Gasteiger partial charge on any atom is 0.233 e. The van der Waals surface area contributed by atoms with Gasteiger partial charge in [0.1, 0.15) is 12.4 Å². The van der Waals surface area contributed by atoms with Crippen LogP contribution in [-0.2, 0) is 10.2 Å². The maximum absolute atomic E-state index is 10.9. The molecule has 0 unspecified atom stereocenters. The van der Waals surface area contributed by atoms with Gasteiger partial charge in [-0.15, -0.1) is 12.4 Å². The number of benzene rings is 1. The van der Waals surface area contributed by atoms with E-state index in [4.69, 9.17) is 10.5 Å². The van der Waals surface area contributed by atoms with Gasteiger partial charge in [-0.1, -0.05) is 32.9 Å². The van der Waals surface area contributed by atoms with Gasteiger partial charge in [0.25, 0.3) is 0 Å². The Labute approximate surface area is 121 Å². The van der Waals surface area contributed by atoms with E-state index in [0.29, 0.717) is 13.2 Å². The molecule has 0 fully saturated rings. The number of hydrogen-bond donors (Lipinski definition) is 2. The molecule has 1 aromatic carbocycles. The van der Waals surface area contributed by atoms with E-state index in [-0.39, 0.29) is 30.3 Å². The molecule has 0 atom stereocenters. The van der Waals surface area contributed by atoms with Gasteiger partial charge in [0.2, 0.25) is 5.91 Å². The number of nitrogens with one attached hydrogen (secondary N) is 1. The molecule has 3 N–H and O–H groups in total. The third-order valence-electron chi connectivity index (χ3n) is 2.60. The summed E-state index contributed by atoms with van der Waals surface area (Å²) in [5.41, 5.74) is 6.59. The van der Waals surface area contributed by atoms with E-state index in [1.165, 1.54) is 5.56 Å². The lowest BCUT2D eigenvalue weighted by atomic mass is 9.87. The Morgan fingerprint density at radius 1 is 1.26 bits per heavy atom. The van der Waals surface area contributed by atoms with Crippen molar-refractivity contribution < 1.29 is 9.53 Å². The minimum absolute atomic E-state index is 0. The van der Waals surface area contributed by atoms with Crippen LogP contribution in [0.1, 0.15) is 26.3 Å². The van der Waals surface area contributed by atoms with Gasteiger partial charge in [0, 0.05) is 0 Å². The minimum Gasteiger partial charge on any atom is -0.492 e. The molecular formula is C14H23ClN2O2. The predicted octanol–water partition coefficient (Wildman–Crippen LogP) is 1.86. The first-order chi connectivity index (χ1) is 8.43. The minimum atomic E-state index is -0.165. The first-order valence-corrected chi connectivity index (χ1v) is 6.13. The van der Waals surface area contributed by atoms with Gasteiger partial charge in [-0.2, -0.15) is 0 Å². The van der Waals surface area contributed by atoms with Crippen molar-refractivity contribution in [1.82, 2.24) is 5.32 Å². The lowest BCUT2D eigenvalue weighted by molar-refractivity contribution is -0.119. The second-order valence-electron chi connectivity index (χ2n) is 5.18. The molecule has 19 heavy (non-hydrogen) atoms. The van der Waals surface area contributed by atoms with E-state index < -0.39 is 0 Å². The summed E-state index contributed by atoms with van der Waals surface area (Å²) in [6, 6.07) is 8.03. The van der Waals surface area contributed by atoms with E-state index in [9.17, 15) is 4.79 Å². The first kappa shape index (κ1) is 17.7. The van der Waals surface area contributed by atoms with Crippen molar-refractivity contribution in [3.05, 3.63) is 29.8 Å². The number of carbonyl (C=O) groups is 1. The molecule has 0 aromatic heterocycles. The zero-order valence-electron chi connectivity index (χ0n) is 11.7. The SMILES string of the molecule is CC(C)(C)c1ccc(OCCNC(=O)CN)cc1.Cl. The maximum atomic E-state index is 10.9. The van der Waals surface area contributed by atoms with Crippen molar-refractivity contribution in [2.45, 2.75) is 26.2 Å². The van der Waals surface area contributed by atoms with E-state index in [2.05, 4.69) is 38.2 Å². The van der Waals surface area contributed by atoms with Crippen LogP contribution >= 0.6 is 12.4 Å². The fourth-order valence-corrected chi connectivity index (χ4v) is 1.48. The molecule has 1 aromatic rings. The summed E-state index contributed by atoms with van der Waals surface area (Å²) in [5, 5.41) is 2.65. The number of rotatable bonds is 5. The number of nitrogens with two attached hydrogens (primary N) is 1. The van der Waals surface area contributed by atoms with Gasteiger partial charge in [-0.25, -0.2) is 0 Å². The van der Waals surface area contributed by atoms with E-state index in [1.54, 1.807) is 0 Å². The molecule has 0 saturated carbocycles. The average Bonchev–Trinajstić information content (AvgIpc) is 2.33. The van der Waals surface area contributed by atoms with Crippen LogP contribution < -0.4 is 15.8 Å². The molecule has 0 aliphatic heterocycles. The molecule has 108 valence electrons. The number of amides is 1. The monoisotopic (exact) mass is 286 g/mol. The molecule has 0 aliphatic rings. The molecule has 0 radical (unpaired) electrons. The van der Waals surface area contributed by atoms with Crippen LogP contribution in [-0.4, -0.2) is 25.6 Å². The van der Waals surface area contributed by atoms with E-state index >= 15 is 0 Å². The Morgan fingerprint density at radius 2 is 1.84 bits per heavy atom. The molecular weight excluding hydrogens is 264 g/mol. The molecule has 0 saturated heterocycles. The summed E-state index contributed by atoms with van der Waals surface area (Å²) in [6.45, 7) is 7.44. The van der Waals surface area contributed by atoms with E-state index in [1.807, 2.05) is 12.1 Å². The van der Waals surface area contributed by atoms with Crippen molar-refractivity contribution in [2.24, 2.45) is 5.73 Å². The van der Waals surface area contributed by atoms with Crippen molar-refractivity contribution in [3.8, 4) is 5.75 Å². The molecule has 0 aliphatic carbocycles. The highest BCUT2D eigenvalue weighted by Gasteiger charge is 2.12. The van der Waals surface area contributed by atoms with Crippen molar-refractivity contribution in [2.75, 3.05) is 19.7 Å². The third kappa shape index (κ3) is 6.45. The van der Waals surface area contributed by atoms with Crippen LogP contribution in [0, 0.1) is 0 Å². The lowest BCUT2D eigenvalue weighted by Crippen LogP contribution is -2.33. The third-order valence-corrected chi connectivity index (χ3v) is 2.60. The Balaban J connectivity index is 0.00000324. The number of ether oxygens (including phenoxy) is 1. The van der Waals surface area contributed by atoms with Crippen LogP contribution in [0.15, 0.2) is 24.3 Å². The fourth-order valence-electron chi connectivity index (χ4n) is 1.48. The number of hydrogen-bond acceptors (Lipinski definition) is 3. The predicted molar refractivity (Wildman–Crippen MR) is 79.9 cm³/mol. The smallest absolute Gasteiger partial charge is 0.233 e. The van der Waals surface area contributed by atoms with Gasteiger partial charge >= 0.3 is 0 Å². The number of carbonyl (C=O) groups excluding carboxylic acids is 1. The van der Waals surface area contributed by atoms with Crippen LogP contribution in [0.4, 0.5) is 0 Å². The number of halogens is 1. The van der Waals surface area contributed by atoms with Crippen molar-refractivity contribution >= 4 is 18.3 Å². The molecule has 0 spiro atoms. The zero-order valence-corrected chi connectivity index (χ0v) is 12.5. The quantitative estimate of drug-likeness (QED) is 0.812. The molecule has 0 heterocycles. The standard InChI is InChI=1S/C14H22N2O2.ClH/c1-14(2,3)11-4-6-12(7-5-11)18-9-8-16-13(17)10-15;/h4-7H,8-10,15H2,1-3H3,(H,16,17);1H. The summed E-state index contributed by atoms with van der Waals surface area (Å²) < 4.78 is 5.51. The molecule has 0 bridgehead atoms. The molecule has 5 heteroatoms. The topological polar surface area (TPSA) is 64.3 Å². The van der Waals surface area contributed by atoms with Crippen LogP contribution in [0.25, 0.3) is 0 Å². The summed E-state index contributed by atoms with van der Waals surface area (Å²) >= 11 is 0. The average molecular weight is 287 g/mol. The van der Waals surface area contributed by atoms with Crippen molar-refractivity contribution in [3.63, 3.8) is 0 Å². The van der Waals surface area contributed by atoms with Gasteiger partial charge in [-0.3, -0.25) is 4.79 Å². The van der Waals surface area contributed by atoms with Crippen LogP contribution in [0.5, 0.6) is 5.75 Å². The normalized spacial score (nSPS) is 10.5. The highest BCUT2D eigenvalue weighted by atomic mass is 35.5. The zero-order chi connectivity index (χ0) is 13.6. The molecule has 1 rings (SSSR count). The fraction of sp³-hybridized carbons (Fsp3) is 0.500. The summed E-state index contributed by atoms with van der Waals surface area (Å²) in [4.78, 5) is 10.9. The van der Waals surface area contributed by atoms with E-state index in [0.717, 1.165) is 5.75 Å². The van der Waals surface area contributed by atoms with Gasteiger partial charge in [0.05, 0.1) is 13.1 Å². The largest absolute Gasteiger partial charge is 0.492 e. The van der Waals surface area contributed by atoms with Gasteiger partial charge in [-0.05, 0) is 23.1 Å². The van der Waals surface area contributed by atoms with Crippen molar-refractivity contribution in [1.29, 1.82) is 0 Å². The summed E-state index contributed by atoms with van der Waals surface area (Å²) in [6.07, 6.45) is 0. The second kappa shape index (κ2) is 8.02. The Morgan fingerprint density at radius 3 is 2.32 bits per heavy atom. The Kier molecular flexibility index (Phi) is 7.49.